The lowest BCUT2D eigenvalue weighted by atomic mass is 11.2. The molecule has 1 aliphatic rings. The average molecular weight is 123 g/mol. The first-order valence-electron chi connectivity index (χ1n) is 1.68. The maximum Gasteiger partial charge on any atom is 0.0475 e. The second-order valence-corrected chi connectivity index (χ2v) is 6.34. The molecule has 0 N–H and O–H groups in total. The molecule has 0 saturated carbocycles. The van der Waals surface area contributed by atoms with Crippen LogP contribution in [0.5, 0.6) is 0 Å². The molecule has 1 rings (SSSR count). The fourth-order valence-electron chi connectivity index (χ4n) is 0.282. The van der Waals surface area contributed by atoms with E-state index in [0.717, 1.165) is 26.4 Å². The van der Waals surface area contributed by atoms with Crippen LogP contribution in [0.3, 0.4) is 0 Å². The Morgan fingerprint density at radius 3 is 2.67 bits per heavy atom. The Morgan fingerprint density at radius 1 is 1.67 bits per heavy atom. The van der Waals surface area contributed by atoms with Crippen molar-refractivity contribution in [3.05, 3.63) is 11.4 Å². The van der Waals surface area contributed by atoms with Gasteiger partial charge in [0.05, 0.1) is 0 Å². The summed E-state index contributed by atoms with van der Waals surface area (Å²) in [6.45, 7) is 3.85. The van der Waals surface area contributed by atoms with Crippen LogP contribution in [0.15, 0.2) is 11.4 Å². The summed E-state index contributed by atoms with van der Waals surface area (Å²) < 4.78 is 0. The Labute approximate surface area is 43.7 Å². The minimum atomic E-state index is 0.988. The molecule has 0 saturated heterocycles. The summed E-state index contributed by atoms with van der Waals surface area (Å²) in [5, 5.41) is 2.35. The molecular weight excluding hydrogens is 120 g/mol. The Kier molecular flexibility index (Phi) is 1.33. The van der Waals surface area contributed by atoms with Gasteiger partial charge in [-0.3, -0.25) is 0 Å². The standard InChI is InChI=1S/C3H3Si3/c1-3-4-2-5-6-3/h2H,1H2. The van der Waals surface area contributed by atoms with Crippen molar-refractivity contribution in [1.82, 2.24) is 0 Å². The molecule has 0 unspecified atom stereocenters. The van der Waals surface area contributed by atoms with E-state index in [0.29, 0.717) is 0 Å². The predicted molar refractivity (Wildman–Crippen MR) is 32.5 cm³/mol. The number of rotatable bonds is 0. The van der Waals surface area contributed by atoms with Crippen molar-refractivity contribution >= 4 is 31.7 Å². The molecule has 0 aliphatic carbocycles. The minimum absolute atomic E-state index is 0.988. The topological polar surface area (TPSA) is 0 Å². The molecule has 0 fully saturated rings. The summed E-state index contributed by atoms with van der Waals surface area (Å²) in [6.07, 6.45) is 0. The van der Waals surface area contributed by atoms with Crippen LogP contribution in [-0.4, -0.2) is 31.7 Å². The van der Waals surface area contributed by atoms with Crippen LogP contribution in [0.2, 0.25) is 0 Å². The molecule has 0 aromatic rings. The van der Waals surface area contributed by atoms with Crippen LogP contribution in [0, 0.1) is 0 Å². The van der Waals surface area contributed by atoms with Gasteiger partial charge in [-0.2, -0.15) is 0 Å². The Balaban J connectivity index is 2.86. The molecule has 1 aliphatic heterocycles. The third-order valence-electron chi connectivity index (χ3n) is 0.542. The molecule has 6 heavy (non-hydrogen) atoms. The van der Waals surface area contributed by atoms with Crippen molar-refractivity contribution in [2.75, 3.05) is 0 Å². The van der Waals surface area contributed by atoms with Crippen LogP contribution in [0.25, 0.3) is 0 Å². The Hall–Kier alpha value is 0.261. The Bertz CT molecular complexity index is 108. The van der Waals surface area contributed by atoms with Crippen LogP contribution in [0.1, 0.15) is 0 Å². The maximum atomic E-state index is 3.85. The zero-order valence-electron chi connectivity index (χ0n) is 3.28. The summed E-state index contributed by atoms with van der Waals surface area (Å²) in [4.78, 5) is 1.47. The molecule has 0 aromatic heterocycles. The first-order chi connectivity index (χ1) is 2.89. The summed E-state index contributed by atoms with van der Waals surface area (Å²) >= 11 is 0. The molecule has 27 valence electrons. The van der Waals surface area contributed by atoms with E-state index in [1.54, 1.807) is 0 Å². The van der Waals surface area contributed by atoms with Gasteiger partial charge in [0, 0.05) is 26.4 Å². The minimum Gasteiger partial charge on any atom is -0.101 e. The van der Waals surface area contributed by atoms with Gasteiger partial charge in [0.1, 0.15) is 0 Å². The third-order valence-corrected chi connectivity index (χ3v) is 6.69. The molecule has 0 amide bonds. The van der Waals surface area contributed by atoms with Crippen molar-refractivity contribution < 1.29 is 0 Å². The van der Waals surface area contributed by atoms with Crippen LogP contribution in [0.4, 0.5) is 0 Å². The predicted octanol–water partition coefficient (Wildman–Crippen LogP) is -0.742. The smallest absolute Gasteiger partial charge is 0.0475 e. The molecular formula is C3H3Si3. The van der Waals surface area contributed by atoms with E-state index in [1.165, 1.54) is 4.82 Å². The quantitative estimate of drug-likeness (QED) is 0.372. The number of hydrogen-bond acceptors (Lipinski definition) is 0. The van der Waals surface area contributed by atoms with Crippen molar-refractivity contribution in [2.45, 2.75) is 0 Å². The van der Waals surface area contributed by atoms with Gasteiger partial charge in [0.2, 0.25) is 0 Å². The van der Waals surface area contributed by atoms with E-state index in [-0.39, 0.29) is 0 Å². The van der Waals surface area contributed by atoms with E-state index < -0.39 is 0 Å². The molecule has 3 heteroatoms. The molecule has 0 bridgehead atoms. The maximum absolute atomic E-state index is 3.85. The molecule has 0 spiro atoms. The largest absolute Gasteiger partial charge is 0.101 e. The van der Waals surface area contributed by atoms with Crippen molar-refractivity contribution in [3.8, 4) is 0 Å². The molecule has 0 nitrogen and oxygen atoms in total. The highest BCUT2D eigenvalue weighted by Gasteiger charge is 1.84. The van der Waals surface area contributed by atoms with Crippen molar-refractivity contribution in [1.29, 1.82) is 0 Å². The van der Waals surface area contributed by atoms with Gasteiger partial charge in [-0.15, -0.1) is 6.58 Å². The molecule has 1 heterocycles. The van der Waals surface area contributed by atoms with Crippen LogP contribution in [-0.2, 0) is 0 Å². The van der Waals surface area contributed by atoms with E-state index >= 15 is 0 Å². The van der Waals surface area contributed by atoms with Gasteiger partial charge in [-0.05, 0) is 0 Å². The fraction of sp³-hybridized carbons (Fsp3) is 0. The summed E-state index contributed by atoms with van der Waals surface area (Å²) in [7, 11) is 3.16. The summed E-state index contributed by atoms with van der Waals surface area (Å²) in [5.41, 5.74) is 0. The number of hydrogen-bond donors (Lipinski definition) is 0. The van der Waals surface area contributed by atoms with Crippen molar-refractivity contribution in [3.63, 3.8) is 0 Å². The highest BCUT2D eigenvalue weighted by Crippen LogP contribution is 1.72. The Morgan fingerprint density at radius 2 is 2.50 bits per heavy atom. The first-order valence-corrected chi connectivity index (χ1v) is 5.84. The third kappa shape index (κ3) is 0.859. The van der Waals surface area contributed by atoms with Crippen molar-refractivity contribution in [2.24, 2.45) is 0 Å². The highest BCUT2D eigenvalue weighted by molar-refractivity contribution is 7.10. The second-order valence-electron chi connectivity index (χ2n) is 1.04. The van der Waals surface area contributed by atoms with Gasteiger partial charge >= 0.3 is 0 Å². The van der Waals surface area contributed by atoms with E-state index in [4.69, 9.17) is 0 Å². The lowest BCUT2D eigenvalue weighted by Gasteiger charge is -1.68. The lowest BCUT2D eigenvalue weighted by Crippen LogP contribution is -1.78. The monoisotopic (exact) mass is 123 g/mol. The van der Waals surface area contributed by atoms with E-state index in [9.17, 15) is 0 Å². The average Bonchev–Trinajstić information content (AvgIpc) is 1.86. The highest BCUT2D eigenvalue weighted by atomic mass is 28.9. The van der Waals surface area contributed by atoms with E-state index in [1.807, 2.05) is 0 Å². The zero-order valence-corrected chi connectivity index (χ0v) is 6.28. The SMILES string of the molecule is C=C1[Si]=C[Si]=[Si]1. The van der Waals surface area contributed by atoms with Gasteiger partial charge < -0.3 is 0 Å². The molecule has 0 atom stereocenters. The van der Waals surface area contributed by atoms with Gasteiger partial charge in [-0.1, -0.05) is 10.1 Å². The molecule has 0 aromatic carbocycles. The van der Waals surface area contributed by atoms with Gasteiger partial charge in [0.25, 0.3) is 0 Å². The van der Waals surface area contributed by atoms with Gasteiger partial charge in [0.15, 0.2) is 0 Å². The molecule has 3 radical (unpaired) electrons. The zero-order chi connectivity index (χ0) is 4.41. The van der Waals surface area contributed by atoms with Crippen LogP contribution < -0.4 is 0 Å². The van der Waals surface area contributed by atoms with Crippen LogP contribution >= 0.6 is 0 Å². The first kappa shape index (κ1) is 4.42. The normalized spacial score (nSPS) is 17.0. The van der Waals surface area contributed by atoms with E-state index in [2.05, 4.69) is 11.9 Å². The van der Waals surface area contributed by atoms with Gasteiger partial charge in [-0.25, -0.2) is 0 Å². The second kappa shape index (κ2) is 1.81. The summed E-state index contributed by atoms with van der Waals surface area (Å²) in [5.74, 6) is 0. The lowest BCUT2D eigenvalue weighted by molar-refractivity contribution is 2.43. The summed E-state index contributed by atoms with van der Waals surface area (Å²) in [6, 6.07) is 0. The fourth-order valence-corrected chi connectivity index (χ4v) is 5.79.